The summed E-state index contributed by atoms with van der Waals surface area (Å²) < 4.78 is 13.5. The molecule has 168 valence electrons. The molecule has 1 amide bonds. The van der Waals surface area contributed by atoms with Gasteiger partial charge in [-0.25, -0.2) is 14.4 Å². The van der Waals surface area contributed by atoms with Crippen molar-refractivity contribution in [1.29, 1.82) is 0 Å². The van der Waals surface area contributed by atoms with E-state index in [0.717, 1.165) is 35.4 Å². The van der Waals surface area contributed by atoms with Crippen molar-refractivity contribution in [2.24, 2.45) is 0 Å². The number of hydrogen-bond donors (Lipinski definition) is 1. The van der Waals surface area contributed by atoms with Crippen LogP contribution in [0, 0.1) is 5.82 Å². The zero-order valence-corrected chi connectivity index (χ0v) is 19.0. The molecule has 1 atom stereocenters. The first-order valence-corrected chi connectivity index (χ1v) is 11.0. The Labute approximate surface area is 187 Å². The first-order valence-electron chi connectivity index (χ1n) is 11.0. The number of carbonyl (C=O) groups is 1. The molecule has 1 saturated heterocycles. The minimum atomic E-state index is -0.282. The third-order valence-corrected chi connectivity index (χ3v) is 5.89. The Balaban J connectivity index is 1.64. The molecule has 0 aliphatic carbocycles. The minimum Gasteiger partial charge on any atom is -0.347 e. The molecule has 1 aliphatic heterocycles. The highest BCUT2D eigenvalue weighted by Crippen LogP contribution is 2.34. The third-order valence-electron chi connectivity index (χ3n) is 5.89. The number of nitrogens with zero attached hydrogens (tertiary/aromatic N) is 5. The van der Waals surface area contributed by atoms with E-state index in [1.165, 1.54) is 12.1 Å². The van der Waals surface area contributed by atoms with Crippen molar-refractivity contribution < 1.29 is 9.18 Å². The summed E-state index contributed by atoms with van der Waals surface area (Å²) in [5, 5.41) is 7.21. The number of rotatable bonds is 5. The predicted molar refractivity (Wildman–Crippen MR) is 122 cm³/mol. The molecule has 2 aromatic heterocycles. The molecule has 32 heavy (non-hydrogen) atoms. The van der Waals surface area contributed by atoms with Gasteiger partial charge in [-0.2, -0.15) is 5.10 Å². The summed E-state index contributed by atoms with van der Waals surface area (Å²) in [6.07, 6.45) is 3.59. The number of likely N-dealkylation sites (tertiary alicyclic amines) is 1. The van der Waals surface area contributed by atoms with Gasteiger partial charge < -0.3 is 9.80 Å². The normalized spacial score (nSPS) is 16.4. The van der Waals surface area contributed by atoms with Gasteiger partial charge in [-0.05, 0) is 42.5 Å². The number of benzene rings is 1. The van der Waals surface area contributed by atoms with Gasteiger partial charge in [0.2, 0.25) is 5.95 Å². The highest BCUT2D eigenvalue weighted by molar-refractivity contribution is 5.92. The minimum absolute atomic E-state index is 0.0537. The van der Waals surface area contributed by atoms with Crippen molar-refractivity contribution in [3.05, 3.63) is 59.4 Å². The second-order valence-electron chi connectivity index (χ2n) is 8.82. The van der Waals surface area contributed by atoms with Crippen molar-refractivity contribution in [1.82, 2.24) is 25.1 Å². The molecule has 1 N–H and O–H groups in total. The number of hydrogen-bond acceptors (Lipinski definition) is 5. The Morgan fingerprint density at radius 1 is 1.25 bits per heavy atom. The summed E-state index contributed by atoms with van der Waals surface area (Å²) >= 11 is 0. The Bertz CT molecular complexity index is 1090. The molecule has 7 nitrogen and oxygen atoms in total. The fourth-order valence-corrected chi connectivity index (χ4v) is 4.05. The van der Waals surface area contributed by atoms with E-state index in [0.29, 0.717) is 24.7 Å². The van der Waals surface area contributed by atoms with E-state index in [9.17, 15) is 9.18 Å². The summed E-state index contributed by atoms with van der Waals surface area (Å²) in [5.41, 5.74) is 4.02. The van der Waals surface area contributed by atoms with E-state index < -0.39 is 0 Å². The number of amides is 1. The van der Waals surface area contributed by atoms with Crippen LogP contribution in [-0.2, 0) is 0 Å². The largest absolute Gasteiger partial charge is 0.347 e. The fraction of sp³-hybridized carbons (Fsp3) is 0.417. The van der Waals surface area contributed by atoms with E-state index >= 15 is 0 Å². The smallest absolute Gasteiger partial charge is 0.274 e. The maximum atomic E-state index is 13.5. The SMILES string of the molecule is CC(C)c1cc(C(=O)N2CCCC(c3nc(N(C)C)ncc3-c3ccc(F)cc3)C2)n[nH]1. The lowest BCUT2D eigenvalue weighted by atomic mass is 9.89. The van der Waals surface area contributed by atoms with Gasteiger partial charge in [0.05, 0.1) is 5.69 Å². The van der Waals surface area contributed by atoms with Gasteiger partial charge in [0.1, 0.15) is 11.5 Å². The topological polar surface area (TPSA) is 78.0 Å². The van der Waals surface area contributed by atoms with Crippen LogP contribution in [0.25, 0.3) is 11.1 Å². The first kappa shape index (κ1) is 21.9. The number of nitrogens with one attached hydrogen (secondary N) is 1. The zero-order valence-electron chi connectivity index (χ0n) is 19.0. The van der Waals surface area contributed by atoms with E-state index in [2.05, 4.69) is 29.0 Å². The molecule has 1 aromatic carbocycles. The number of H-pyrrole nitrogens is 1. The Kier molecular flexibility index (Phi) is 6.21. The average Bonchev–Trinajstić information content (AvgIpc) is 3.29. The fourth-order valence-electron chi connectivity index (χ4n) is 4.05. The van der Waals surface area contributed by atoms with E-state index in [4.69, 9.17) is 4.98 Å². The van der Waals surface area contributed by atoms with Crippen LogP contribution in [0.4, 0.5) is 10.3 Å². The predicted octanol–water partition coefficient (Wildman–Crippen LogP) is 4.22. The first-order chi connectivity index (χ1) is 15.3. The van der Waals surface area contributed by atoms with Crippen LogP contribution in [0.5, 0.6) is 0 Å². The van der Waals surface area contributed by atoms with Crippen LogP contribution in [0.15, 0.2) is 36.5 Å². The van der Waals surface area contributed by atoms with Crippen LogP contribution < -0.4 is 4.90 Å². The van der Waals surface area contributed by atoms with Gasteiger partial charge in [-0.1, -0.05) is 26.0 Å². The van der Waals surface area contributed by atoms with E-state index in [1.54, 1.807) is 18.3 Å². The summed E-state index contributed by atoms with van der Waals surface area (Å²) in [7, 11) is 3.80. The van der Waals surface area contributed by atoms with Crippen molar-refractivity contribution in [3.63, 3.8) is 0 Å². The van der Waals surface area contributed by atoms with Crippen molar-refractivity contribution in [2.75, 3.05) is 32.1 Å². The number of halogens is 1. The molecule has 0 bridgehead atoms. The maximum absolute atomic E-state index is 13.5. The molecule has 0 radical (unpaired) electrons. The van der Waals surface area contributed by atoms with Gasteiger partial charge >= 0.3 is 0 Å². The molecule has 0 spiro atoms. The van der Waals surface area contributed by atoms with E-state index in [-0.39, 0.29) is 23.6 Å². The number of carbonyl (C=O) groups excluding carboxylic acids is 1. The number of piperidine rings is 1. The molecular weight excluding hydrogens is 407 g/mol. The van der Waals surface area contributed by atoms with Crippen LogP contribution >= 0.6 is 0 Å². The average molecular weight is 437 g/mol. The van der Waals surface area contributed by atoms with Gasteiger partial charge in [-0.15, -0.1) is 0 Å². The molecule has 3 heterocycles. The molecule has 1 unspecified atom stereocenters. The lowest BCUT2D eigenvalue weighted by Gasteiger charge is -2.33. The summed E-state index contributed by atoms with van der Waals surface area (Å²) in [4.78, 5) is 26.2. The second kappa shape index (κ2) is 9.06. The molecule has 3 aromatic rings. The third kappa shape index (κ3) is 4.49. The summed E-state index contributed by atoms with van der Waals surface area (Å²) in [5.74, 6) is 0.599. The summed E-state index contributed by atoms with van der Waals surface area (Å²) in [6, 6.07) is 8.22. The second-order valence-corrected chi connectivity index (χ2v) is 8.82. The quantitative estimate of drug-likeness (QED) is 0.648. The van der Waals surface area contributed by atoms with Crippen LogP contribution in [0.2, 0.25) is 0 Å². The Morgan fingerprint density at radius 3 is 2.66 bits per heavy atom. The Morgan fingerprint density at radius 2 is 2.00 bits per heavy atom. The molecular formula is C24H29FN6O. The van der Waals surface area contributed by atoms with Crippen molar-refractivity contribution >= 4 is 11.9 Å². The van der Waals surface area contributed by atoms with Crippen molar-refractivity contribution in [3.8, 4) is 11.1 Å². The lowest BCUT2D eigenvalue weighted by molar-refractivity contribution is 0.0700. The lowest BCUT2D eigenvalue weighted by Crippen LogP contribution is -2.39. The van der Waals surface area contributed by atoms with Gasteiger partial charge in [0, 0.05) is 50.6 Å². The van der Waals surface area contributed by atoms with Gasteiger partial charge in [0.25, 0.3) is 5.91 Å². The van der Waals surface area contributed by atoms with Gasteiger partial charge in [0.15, 0.2) is 0 Å². The molecule has 0 saturated carbocycles. The summed E-state index contributed by atoms with van der Waals surface area (Å²) in [6.45, 7) is 5.37. The standard InChI is InChI=1S/C24H29FN6O/c1-15(2)20-12-21(29-28-20)23(32)31-11-5-6-17(14-31)22-19(13-26-24(27-22)30(3)4)16-7-9-18(25)10-8-16/h7-10,12-13,15,17H,5-6,11,14H2,1-4H3,(H,28,29). The van der Waals surface area contributed by atoms with E-state index in [1.807, 2.05) is 30.0 Å². The zero-order chi connectivity index (χ0) is 22.8. The van der Waals surface area contributed by atoms with Crippen LogP contribution in [0.3, 0.4) is 0 Å². The monoisotopic (exact) mass is 436 g/mol. The van der Waals surface area contributed by atoms with Crippen LogP contribution in [-0.4, -0.2) is 58.2 Å². The molecule has 1 aliphatic rings. The number of aromatic nitrogens is 4. The highest BCUT2D eigenvalue weighted by atomic mass is 19.1. The Hall–Kier alpha value is -3.29. The number of anilines is 1. The highest BCUT2D eigenvalue weighted by Gasteiger charge is 2.30. The molecule has 1 fully saturated rings. The van der Waals surface area contributed by atoms with Crippen LogP contribution in [0.1, 0.15) is 60.4 Å². The molecule has 4 rings (SSSR count). The molecule has 8 heteroatoms. The number of aromatic amines is 1. The van der Waals surface area contributed by atoms with Gasteiger partial charge in [-0.3, -0.25) is 9.89 Å². The maximum Gasteiger partial charge on any atom is 0.274 e. The van der Waals surface area contributed by atoms with Crippen molar-refractivity contribution in [2.45, 2.75) is 38.5 Å².